The summed E-state index contributed by atoms with van der Waals surface area (Å²) in [6.07, 6.45) is 4.51. The molecule has 0 bridgehead atoms. The minimum atomic E-state index is -1.05. The van der Waals surface area contributed by atoms with E-state index in [0.717, 1.165) is 25.7 Å². The minimum Gasteiger partial charge on any atom is -0.480 e. The third-order valence-electron chi connectivity index (χ3n) is 4.97. The van der Waals surface area contributed by atoms with Gasteiger partial charge in [-0.05, 0) is 12.8 Å². The molecule has 7 nitrogen and oxygen atoms in total. The van der Waals surface area contributed by atoms with Gasteiger partial charge in [0.15, 0.2) is 6.04 Å². The molecule has 7 heteroatoms. The Labute approximate surface area is 129 Å². The van der Waals surface area contributed by atoms with E-state index < -0.39 is 17.9 Å². The molecular formula is C15H22N2O5. The number of hydrogen-bond acceptors (Lipinski definition) is 4. The molecule has 0 aromatic rings. The Morgan fingerprint density at radius 2 is 1.95 bits per heavy atom. The van der Waals surface area contributed by atoms with Crippen molar-refractivity contribution in [2.45, 2.75) is 44.2 Å². The van der Waals surface area contributed by atoms with Gasteiger partial charge in [0.05, 0.1) is 19.1 Å². The second-order valence-electron chi connectivity index (χ2n) is 6.35. The Bertz CT molecular complexity index is 475. The van der Waals surface area contributed by atoms with Crippen LogP contribution < -0.4 is 0 Å². The lowest BCUT2D eigenvalue weighted by Gasteiger charge is -2.34. The zero-order valence-electron chi connectivity index (χ0n) is 12.6. The van der Waals surface area contributed by atoms with Crippen molar-refractivity contribution in [1.29, 1.82) is 0 Å². The molecule has 1 aliphatic carbocycles. The van der Waals surface area contributed by atoms with Crippen molar-refractivity contribution in [2.75, 3.05) is 26.3 Å². The molecule has 122 valence electrons. The molecule has 2 atom stereocenters. The number of carboxylic acid groups (broad SMARTS) is 1. The summed E-state index contributed by atoms with van der Waals surface area (Å²) in [7, 11) is 0. The lowest BCUT2D eigenvalue weighted by molar-refractivity contribution is -0.160. The standard InChI is InChI=1S/C15H22N2O5/c18-13-7-10(8-17(13)11-3-1-2-4-11)14(19)16-5-6-22-9-12(16)15(20)21/h10-12H,1-9H2,(H,20,21)/t10-,12-/m1/s1. The first-order chi connectivity index (χ1) is 10.6. The molecule has 3 rings (SSSR count). The van der Waals surface area contributed by atoms with Gasteiger partial charge >= 0.3 is 5.97 Å². The lowest BCUT2D eigenvalue weighted by atomic mass is 10.1. The molecule has 3 aliphatic rings. The van der Waals surface area contributed by atoms with Crippen LogP contribution in [0.2, 0.25) is 0 Å². The topological polar surface area (TPSA) is 87.1 Å². The molecule has 2 heterocycles. The molecule has 0 radical (unpaired) electrons. The zero-order chi connectivity index (χ0) is 15.7. The average Bonchev–Trinajstić information content (AvgIpc) is 3.15. The SMILES string of the molecule is O=C(O)[C@H]1COCCN1C(=O)[C@@H]1CC(=O)N(C2CCCC2)C1. The van der Waals surface area contributed by atoms with Crippen molar-refractivity contribution in [1.82, 2.24) is 9.80 Å². The normalized spacial score (nSPS) is 30.1. The number of aliphatic carboxylic acids is 1. The number of likely N-dealkylation sites (tertiary alicyclic amines) is 1. The minimum absolute atomic E-state index is 0.0219. The molecule has 0 aromatic heterocycles. The summed E-state index contributed by atoms with van der Waals surface area (Å²) in [5.74, 6) is -1.65. The van der Waals surface area contributed by atoms with E-state index in [9.17, 15) is 19.5 Å². The highest BCUT2D eigenvalue weighted by Crippen LogP contribution is 2.30. The maximum Gasteiger partial charge on any atom is 0.328 e. The van der Waals surface area contributed by atoms with Crippen molar-refractivity contribution in [3.8, 4) is 0 Å². The number of carboxylic acids is 1. The number of ether oxygens (including phenoxy) is 1. The predicted octanol–water partition coefficient (Wildman–Crippen LogP) is 0.0895. The van der Waals surface area contributed by atoms with Crippen LogP contribution in [0.25, 0.3) is 0 Å². The second-order valence-corrected chi connectivity index (χ2v) is 6.35. The molecule has 1 N–H and O–H groups in total. The molecule has 3 fully saturated rings. The van der Waals surface area contributed by atoms with Crippen LogP contribution in [0.3, 0.4) is 0 Å². The molecule has 2 aliphatic heterocycles. The number of carbonyl (C=O) groups is 3. The fourth-order valence-electron chi connectivity index (χ4n) is 3.77. The zero-order valence-corrected chi connectivity index (χ0v) is 12.6. The number of morpholine rings is 1. The molecule has 0 aromatic carbocycles. The lowest BCUT2D eigenvalue weighted by Crippen LogP contribution is -2.54. The van der Waals surface area contributed by atoms with E-state index in [2.05, 4.69) is 0 Å². The molecule has 2 saturated heterocycles. The molecule has 0 unspecified atom stereocenters. The second kappa shape index (κ2) is 6.24. The Balaban J connectivity index is 1.67. The quantitative estimate of drug-likeness (QED) is 0.798. The highest BCUT2D eigenvalue weighted by Gasteiger charge is 2.43. The van der Waals surface area contributed by atoms with Crippen molar-refractivity contribution >= 4 is 17.8 Å². The van der Waals surface area contributed by atoms with Gasteiger partial charge in [0, 0.05) is 25.6 Å². The van der Waals surface area contributed by atoms with Crippen molar-refractivity contribution in [2.24, 2.45) is 5.92 Å². The molecular weight excluding hydrogens is 288 g/mol. The van der Waals surface area contributed by atoms with Gasteiger partial charge in [-0.2, -0.15) is 0 Å². The summed E-state index contributed by atoms with van der Waals surface area (Å²) in [6.45, 7) is 1.09. The Kier molecular flexibility index (Phi) is 4.33. The fourth-order valence-corrected chi connectivity index (χ4v) is 3.77. The Hall–Kier alpha value is -1.63. The van der Waals surface area contributed by atoms with Gasteiger partial charge < -0.3 is 19.6 Å². The third-order valence-corrected chi connectivity index (χ3v) is 4.97. The maximum absolute atomic E-state index is 12.6. The summed E-state index contributed by atoms with van der Waals surface area (Å²) < 4.78 is 5.16. The smallest absolute Gasteiger partial charge is 0.328 e. The number of nitrogens with zero attached hydrogens (tertiary/aromatic N) is 2. The monoisotopic (exact) mass is 310 g/mol. The third kappa shape index (κ3) is 2.82. The predicted molar refractivity (Wildman–Crippen MR) is 76.0 cm³/mol. The van der Waals surface area contributed by atoms with E-state index in [1.165, 1.54) is 4.90 Å². The van der Waals surface area contributed by atoms with E-state index in [1.54, 1.807) is 0 Å². The van der Waals surface area contributed by atoms with Gasteiger partial charge in [0.1, 0.15) is 0 Å². The number of hydrogen-bond donors (Lipinski definition) is 1. The molecule has 0 spiro atoms. The van der Waals surface area contributed by atoms with E-state index in [-0.39, 0.29) is 37.4 Å². The van der Waals surface area contributed by atoms with Crippen LogP contribution in [-0.4, -0.2) is 71.1 Å². The fraction of sp³-hybridized carbons (Fsp3) is 0.800. The van der Waals surface area contributed by atoms with Crippen molar-refractivity contribution in [3.05, 3.63) is 0 Å². The molecule has 2 amide bonds. The van der Waals surface area contributed by atoms with Crippen LogP contribution in [0.4, 0.5) is 0 Å². The van der Waals surface area contributed by atoms with Crippen LogP contribution in [0, 0.1) is 5.92 Å². The Morgan fingerprint density at radius 3 is 2.64 bits per heavy atom. The first-order valence-electron chi connectivity index (χ1n) is 7.98. The van der Waals surface area contributed by atoms with Gasteiger partial charge in [0.25, 0.3) is 0 Å². The van der Waals surface area contributed by atoms with E-state index in [1.807, 2.05) is 4.90 Å². The first-order valence-corrected chi connectivity index (χ1v) is 7.98. The van der Waals surface area contributed by atoms with E-state index >= 15 is 0 Å². The van der Waals surface area contributed by atoms with Crippen LogP contribution in [-0.2, 0) is 19.1 Å². The van der Waals surface area contributed by atoms with E-state index in [0.29, 0.717) is 13.2 Å². The highest BCUT2D eigenvalue weighted by atomic mass is 16.5. The van der Waals surface area contributed by atoms with Gasteiger partial charge in [-0.1, -0.05) is 12.8 Å². The Morgan fingerprint density at radius 1 is 1.23 bits per heavy atom. The van der Waals surface area contributed by atoms with Crippen LogP contribution in [0.1, 0.15) is 32.1 Å². The van der Waals surface area contributed by atoms with Crippen LogP contribution in [0.15, 0.2) is 0 Å². The average molecular weight is 310 g/mol. The molecule has 22 heavy (non-hydrogen) atoms. The summed E-state index contributed by atoms with van der Waals surface area (Å²) in [6, 6.07) is -0.665. The highest BCUT2D eigenvalue weighted by molar-refractivity contribution is 5.91. The summed E-state index contributed by atoms with van der Waals surface area (Å²) >= 11 is 0. The van der Waals surface area contributed by atoms with Gasteiger partial charge in [0.2, 0.25) is 11.8 Å². The maximum atomic E-state index is 12.6. The summed E-state index contributed by atoms with van der Waals surface area (Å²) in [4.78, 5) is 39.3. The number of rotatable bonds is 3. The van der Waals surface area contributed by atoms with E-state index in [4.69, 9.17) is 4.74 Å². The van der Waals surface area contributed by atoms with Gasteiger partial charge in [-0.25, -0.2) is 4.79 Å². The van der Waals surface area contributed by atoms with Crippen LogP contribution >= 0.6 is 0 Å². The molecule has 1 saturated carbocycles. The summed E-state index contributed by atoms with van der Waals surface area (Å²) in [5, 5.41) is 9.23. The largest absolute Gasteiger partial charge is 0.480 e. The van der Waals surface area contributed by atoms with Crippen LogP contribution in [0.5, 0.6) is 0 Å². The van der Waals surface area contributed by atoms with Crippen molar-refractivity contribution < 1.29 is 24.2 Å². The van der Waals surface area contributed by atoms with Crippen molar-refractivity contribution in [3.63, 3.8) is 0 Å². The van der Waals surface area contributed by atoms with Gasteiger partial charge in [-0.3, -0.25) is 9.59 Å². The number of amides is 2. The number of carbonyl (C=O) groups excluding carboxylic acids is 2. The first kappa shape index (κ1) is 15.3. The van der Waals surface area contributed by atoms with Gasteiger partial charge in [-0.15, -0.1) is 0 Å². The summed E-state index contributed by atoms with van der Waals surface area (Å²) in [5.41, 5.74) is 0.